The van der Waals surface area contributed by atoms with Gasteiger partial charge >= 0.3 is 0 Å². The van der Waals surface area contributed by atoms with Crippen molar-refractivity contribution in [3.8, 4) is 11.5 Å². The fourth-order valence-electron chi connectivity index (χ4n) is 4.52. The molecule has 2 aliphatic heterocycles. The standard InChI is InChI=1S/C24H26N2O3/c27-24(11-9-18-16-25-20-6-2-1-5-19(18)20)26-12-3-7-21(26)17-8-10-22-23(15-17)29-14-4-13-28-22/h1-2,5-6,8,10,15-16,21,25H,3-4,7,9,11-14H2. The topological polar surface area (TPSA) is 54.6 Å². The highest BCUT2D eigenvalue weighted by molar-refractivity contribution is 5.84. The summed E-state index contributed by atoms with van der Waals surface area (Å²) in [4.78, 5) is 18.4. The highest BCUT2D eigenvalue weighted by atomic mass is 16.5. The molecule has 5 nitrogen and oxygen atoms in total. The summed E-state index contributed by atoms with van der Waals surface area (Å²) in [5.74, 6) is 1.84. The summed E-state index contributed by atoms with van der Waals surface area (Å²) in [5, 5.41) is 1.21. The smallest absolute Gasteiger partial charge is 0.223 e. The number of aryl methyl sites for hydroxylation is 1. The van der Waals surface area contributed by atoms with Crippen LogP contribution in [-0.2, 0) is 11.2 Å². The molecule has 0 bridgehead atoms. The lowest BCUT2D eigenvalue weighted by atomic mass is 10.0. The quantitative estimate of drug-likeness (QED) is 0.707. The number of carbonyl (C=O) groups is 1. The number of hydrogen-bond acceptors (Lipinski definition) is 3. The first kappa shape index (κ1) is 18.1. The molecule has 1 unspecified atom stereocenters. The van der Waals surface area contributed by atoms with Crippen molar-refractivity contribution in [3.63, 3.8) is 0 Å². The number of amides is 1. The van der Waals surface area contributed by atoms with Crippen molar-refractivity contribution in [2.45, 2.75) is 38.1 Å². The van der Waals surface area contributed by atoms with Crippen LogP contribution in [0.1, 0.15) is 42.9 Å². The van der Waals surface area contributed by atoms with Crippen LogP contribution in [0.5, 0.6) is 11.5 Å². The number of aromatic nitrogens is 1. The van der Waals surface area contributed by atoms with Crippen molar-refractivity contribution in [2.24, 2.45) is 0 Å². The minimum atomic E-state index is 0.127. The zero-order valence-corrected chi connectivity index (χ0v) is 16.5. The van der Waals surface area contributed by atoms with Crippen molar-refractivity contribution in [2.75, 3.05) is 19.8 Å². The van der Waals surface area contributed by atoms with Crippen LogP contribution in [0.15, 0.2) is 48.7 Å². The lowest BCUT2D eigenvalue weighted by molar-refractivity contribution is -0.132. The van der Waals surface area contributed by atoms with Gasteiger partial charge in [0.15, 0.2) is 11.5 Å². The van der Waals surface area contributed by atoms with E-state index >= 15 is 0 Å². The Morgan fingerprint density at radius 2 is 1.93 bits per heavy atom. The zero-order chi connectivity index (χ0) is 19.6. The van der Waals surface area contributed by atoms with E-state index in [2.05, 4.69) is 29.2 Å². The van der Waals surface area contributed by atoms with Crippen LogP contribution in [0.4, 0.5) is 0 Å². The Hall–Kier alpha value is -2.95. The van der Waals surface area contributed by atoms with Gasteiger partial charge in [0.2, 0.25) is 5.91 Å². The highest BCUT2D eigenvalue weighted by Crippen LogP contribution is 2.38. The Morgan fingerprint density at radius 3 is 2.86 bits per heavy atom. The van der Waals surface area contributed by atoms with Crippen LogP contribution in [0.2, 0.25) is 0 Å². The number of nitrogens with zero attached hydrogens (tertiary/aromatic N) is 1. The van der Waals surface area contributed by atoms with Gasteiger partial charge in [-0.05, 0) is 48.6 Å². The van der Waals surface area contributed by atoms with Crippen LogP contribution in [-0.4, -0.2) is 35.5 Å². The van der Waals surface area contributed by atoms with Crippen LogP contribution in [0.25, 0.3) is 10.9 Å². The number of H-pyrrole nitrogens is 1. The van der Waals surface area contributed by atoms with Crippen molar-refractivity contribution in [1.29, 1.82) is 0 Å². The Kier molecular flexibility index (Phi) is 4.88. The van der Waals surface area contributed by atoms with Crippen molar-refractivity contribution >= 4 is 16.8 Å². The number of benzene rings is 2. The van der Waals surface area contributed by atoms with Gasteiger partial charge in [-0.3, -0.25) is 4.79 Å². The third kappa shape index (κ3) is 3.57. The maximum absolute atomic E-state index is 13.1. The van der Waals surface area contributed by atoms with Crippen LogP contribution < -0.4 is 9.47 Å². The fraction of sp³-hybridized carbons (Fsp3) is 0.375. The van der Waals surface area contributed by atoms with E-state index in [4.69, 9.17) is 9.47 Å². The number of likely N-dealkylation sites (tertiary alicyclic amines) is 1. The first-order valence-electron chi connectivity index (χ1n) is 10.5. The number of carbonyl (C=O) groups excluding carboxylic acids is 1. The van der Waals surface area contributed by atoms with Gasteiger partial charge in [0.1, 0.15) is 0 Å². The van der Waals surface area contributed by atoms with Gasteiger partial charge in [-0.2, -0.15) is 0 Å². The molecular weight excluding hydrogens is 364 g/mol. The summed E-state index contributed by atoms with van der Waals surface area (Å²) in [6.45, 7) is 2.19. The molecule has 1 atom stereocenters. The minimum absolute atomic E-state index is 0.127. The molecular formula is C24H26N2O3. The lowest BCUT2D eigenvalue weighted by Crippen LogP contribution is -2.30. The van der Waals surface area contributed by atoms with Gasteiger partial charge < -0.3 is 19.4 Å². The van der Waals surface area contributed by atoms with Crippen LogP contribution >= 0.6 is 0 Å². The average Bonchev–Trinajstić information content (AvgIpc) is 3.33. The molecule has 0 saturated carbocycles. The molecule has 5 heteroatoms. The first-order chi connectivity index (χ1) is 14.3. The minimum Gasteiger partial charge on any atom is -0.490 e. The van der Waals surface area contributed by atoms with Gasteiger partial charge in [0.05, 0.1) is 19.3 Å². The lowest BCUT2D eigenvalue weighted by Gasteiger charge is -2.26. The molecule has 2 aliphatic rings. The van der Waals surface area contributed by atoms with Crippen molar-refractivity contribution in [1.82, 2.24) is 9.88 Å². The van der Waals surface area contributed by atoms with Gasteiger partial charge in [-0.1, -0.05) is 24.3 Å². The van der Waals surface area contributed by atoms with E-state index in [1.807, 2.05) is 29.3 Å². The van der Waals surface area contributed by atoms with E-state index in [1.54, 1.807) is 0 Å². The number of hydrogen-bond donors (Lipinski definition) is 1. The van der Waals surface area contributed by atoms with E-state index in [0.29, 0.717) is 19.6 Å². The van der Waals surface area contributed by atoms with E-state index in [0.717, 1.165) is 54.8 Å². The molecule has 1 aromatic heterocycles. The molecule has 3 aromatic rings. The number of nitrogens with one attached hydrogen (secondary N) is 1. The third-order valence-corrected chi connectivity index (χ3v) is 6.01. The third-order valence-electron chi connectivity index (χ3n) is 6.01. The molecule has 29 heavy (non-hydrogen) atoms. The normalized spacial score (nSPS) is 18.8. The summed E-state index contributed by atoms with van der Waals surface area (Å²) in [6, 6.07) is 14.5. The molecule has 2 aromatic carbocycles. The largest absolute Gasteiger partial charge is 0.490 e. The number of rotatable bonds is 4. The predicted molar refractivity (Wildman–Crippen MR) is 112 cm³/mol. The molecule has 1 saturated heterocycles. The Labute approximate surface area is 170 Å². The van der Waals surface area contributed by atoms with Crippen LogP contribution in [0.3, 0.4) is 0 Å². The van der Waals surface area contributed by atoms with Crippen LogP contribution in [0, 0.1) is 0 Å². The number of ether oxygens (including phenoxy) is 2. The van der Waals surface area contributed by atoms with Crippen molar-refractivity contribution < 1.29 is 14.3 Å². The number of fused-ring (bicyclic) bond motifs is 2. The van der Waals surface area contributed by atoms with Gasteiger partial charge in [-0.25, -0.2) is 0 Å². The summed E-state index contributed by atoms with van der Waals surface area (Å²) in [7, 11) is 0. The molecule has 5 rings (SSSR count). The van der Waals surface area contributed by atoms with E-state index in [1.165, 1.54) is 10.9 Å². The first-order valence-corrected chi connectivity index (χ1v) is 10.5. The van der Waals surface area contributed by atoms with E-state index < -0.39 is 0 Å². The molecule has 0 radical (unpaired) electrons. The second-order valence-electron chi connectivity index (χ2n) is 7.86. The van der Waals surface area contributed by atoms with Gasteiger partial charge in [0.25, 0.3) is 0 Å². The average molecular weight is 390 g/mol. The maximum Gasteiger partial charge on any atom is 0.223 e. The number of aromatic amines is 1. The molecule has 1 N–H and O–H groups in total. The molecule has 150 valence electrons. The van der Waals surface area contributed by atoms with Gasteiger partial charge in [-0.15, -0.1) is 0 Å². The molecule has 3 heterocycles. The molecule has 0 aliphatic carbocycles. The Balaban J connectivity index is 1.30. The maximum atomic E-state index is 13.1. The number of para-hydroxylation sites is 1. The Bertz CT molecular complexity index is 1030. The Morgan fingerprint density at radius 1 is 1.07 bits per heavy atom. The molecule has 0 spiro atoms. The summed E-state index contributed by atoms with van der Waals surface area (Å²) in [5.41, 5.74) is 3.48. The van der Waals surface area contributed by atoms with E-state index in [-0.39, 0.29) is 11.9 Å². The second kappa shape index (κ2) is 7.82. The van der Waals surface area contributed by atoms with E-state index in [9.17, 15) is 4.79 Å². The summed E-state index contributed by atoms with van der Waals surface area (Å²) < 4.78 is 11.6. The molecule has 1 fully saturated rings. The zero-order valence-electron chi connectivity index (χ0n) is 16.5. The summed E-state index contributed by atoms with van der Waals surface area (Å²) >= 11 is 0. The monoisotopic (exact) mass is 390 g/mol. The predicted octanol–water partition coefficient (Wildman–Crippen LogP) is 4.63. The van der Waals surface area contributed by atoms with Gasteiger partial charge in [0, 0.05) is 36.5 Å². The van der Waals surface area contributed by atoms with Crippen molar-refractivity contribution in [3.05, 3.63) is 59.8 Å². The highest BCUT2D eigenvalue weighted by Gasteiger charge is 2.30. The fourth-order valence-corrected chi connectivity index (χ4v) is 4.52. The second-order valence-corrected chi connectivity index (χ2v) is 7.86. The summed E-state index contributed by atoms with van der Waals surface area (Å²) in [6.07, 6.45) is 6.25. The SMILES string of the molecule is O=C(CCc1c[nH]c2ccccc12)N1CCCC1c1ccc2c(c1)OCCCO2. The molecule has 1 amide bonds.